The van der Waals surface area contributed by atoms with E-state index in [1.54, 1.807) is 4.68 Å². The van der Waals surface area contributed by atoms with Crippen molar-refractivity contribution in [1.29, 1.82) is 0 Å². The zero-order chi connectivity index (χ0) is 25.4. The highest BCUT2D eigenvalue weighted by molar-refractivity contribution is 5.43. The van der Waals surface area contributed by atoms with Gasteiger partial charge in [0.15, 0.2) is 11.6 Å². The first kappa shape index (κ1) is 26.8. The van der Waals surface area contributed by atoms with Crippen LogP contribution in [0.3, 0.4) is 0 Å². The quantitative estimate of drug-likeness (QED) is 0.345. The van der Waals surface area contributed by atoms with Crippen molar-refractivity contribution in [3.63, 3.8) is 0 Å². The fourth-order valence-corrected chi connectivity index (χ4v) is 3.80. The van der Waals surface area contributed by atoms with E-state index in [9.17, 15) is 13.9 Å². The molecule has 1 heterocycles. The number of ether oxygens (including phenoxy) is 2. The van der Waals surface area contributed by atoms with E-state index < -0.39 is 17.7 Å². The molecule has 0 radical (unpaired) electrons. The molecule has 1 aromatic heterocycles. The largest absolute Gasteiger partial charge is 0.435 e. The van der Waals surface area contributed by atoms with Crippen molar-refractivity contribution in [2.24, 2.45) is 5.92 Å². The Hall–Kier alpha value is -2.81. The molecule has 0 spiro atoms. The molecule has 3 rings (SSSR count). The van der Waals surface area contributed by atoms with E-state index in [1.165, 1.54) is 6.07 Å². The molecule has 0 aliphatic carbocycles. The molecule has 1 atom stereocenters. The molecule has 8 heteroatoms. The number of nitrogens with zero attached hydrogens (tertiary/aromatic N) is 3. The van der Waals surface area contributed by atoms with Crippen LogP contribution in [0, 0.1) is 24.5 Å². The monoisotopic (exact) mass is 487 g/mol. The van der Waals surface area contributed by atoms with Crippen molar-refractivity contribution in [3.8, 4) is 17.3 Å². The van der Waals surface area contributed by atoms with Crippen molar-refractivity contribution in [3.05, 3.63) is 71.4 Å². The highest BCUT2D eigenvalue weighted by Crippen LogP contribution is 2.33. The van der Waals surface area contributed by atoms with Gasteiger partial charge in [-0.1, -0.05) is 39.0 Å². The first-order valence-corrected chi connectivity index (χ1v) is 12.0. The zero-order valence-electron chi connectivity index (χ0n) is 20.9. The van der Waals surface area contributed by atoms with Gasteiger partial charge in [-0.25, -0.2) is 13.5 Å². The third kappa shape index (κ3) is 7.59. The molecular weight excluding hydrogens is 452 g/mol. The lowest BCUT2D eigenvalue weighted by Gasteiger charge is -2.25. The van der Waals surface area contributed by atoms with Gasteiger partial charge in [-0.2, -0.15) is 5.10 Å². The Bertz CT molecular complexity index is 1070. The van der Waals surface area contributed by atoms with Crippen LogP contribution in [-0.4, -0.2) is 52.2 Å². The van der Waals surface area contributed by atoms with Crippen molar-refractivity contribution < 1.29 is 23.4 Å². The molecule has 190 valence electrons. The lowest BCUT2D eigenvalue weighted by Crippen LogP contribution is -2.35. The first-order valence-electron chi connectivity index (χ1n) is 12.0. The molecule has 35 heavy (non-hydrogen) atoms. The molecule has 0 saturated heterocycles. The molecule has 0 aliphatic rings. The fourth-order valence-electron chi connectivity index (χ4n) is 3.80. The molecule has 1 unspecified atom stereocenters. The summed E-state index contributed by atoms with van der Waals surface area (Å²) in [6.45, 7) is 10.5. The van der Waals surface area contributed by atoms with Gasteiger partial charge in [0.1, 0.15) is 5.82 Å². The summed E-state index contributed by atoms with van der Waals surface area (Å²) in [5, 5.41) is 15.2. The van der Waals surface area contributed by atoms with E-state index >= 15 is 0 Å². The second kappa shape index (κ2) is 12.8. The Kier molecular flexibility index (Phi) is 9.77. The summed E-state index contributed by atoms with van der Waals surface area (Å²) in [4.78, 5) is 2.11. The van der Waals surface area contributed by atoms with Crippen LogP contribution in [0.15, 0.2) is 48.5 Å². The normalized spacial score (nSPS) is 12.5. The summed E-state index contributed by atoms with van der Waals surface area (Å²) in [7, 11) is 0. The van der Waals surface area contributed by atoms with Crippen LogP contribution >= 0.6 is 0 Å². The Morgan fingerprint density at radius 2 is 1.83 bits per heavy atom. The molecular formula is C27H35F2N3O3. The summed E-state index contributed by atoms with van der Waals surface area (Å²) in [6, 6.07) is 12.6. The number of halogens is 2. The second-order valence-electron chi connectivity index (χ2n) is 9.11. The minimum absolute atomic E-state index is 0.0890. The summed E-state index contributed by atoms with van der Waals surface area (Å²) >= 11 is 0. The fraction of sp³-hybridized carbons (Fsp3) is 0.444. The van der Waals surface area contributed by atoms with E-state index in [0.717, 1.165) is 42.0 Å². The highest BCUT2D eigenvalue weighted by atomic mass is 19.1. The zero-order valence-corrected chi connectivity index (χ0v) is 20.9. The standard InChI is InChI=1S/C27H35F2N3O3/c1-5-13-31(15-23(33)18-34-17-19(2)3)16-24-20(4)30-32(22-9-7-6-8-10-22)27(24)35-26-12-11-21(28)14-25(26)29/h6-12,14,19,23,33H,5,13,15-18H2,1-4H3. The number of aliphatic hydroxyl groups is 1. The smallest absolute Gasteiger partial charge is 0.227 e. The molecule has 6 nitrogen and oxygen atoms in total. The maximum absolute atomic E-state index is 14.5. The van der Waals surface area contributed by atoms with Crippen molar-refractivity contribution >= 4 is 0 Å². The third-order valence-corrected chi connectivity index (χ3v) is 5.39. The van der Waals surface area contributed by atoms with E-state index in [4.69, 9.17) is 9.47 Å². The summed E-state index contributed by atoms with van der Waals surface area (Å²) in [5.74, 6) is -0.810. The van der Waals surface area contributed by atoms with Gasteiger partial charge in [-0.05, 0) is 50.1 Å². The predicted molar refractivity (Wildman–Crippen MR) is 132 cm³/mol. The lowest BCUT2D eigenvalue weighted by atomic mass is 10.2. The number of rotatable bonds is 13. The molecule has 0 saturated carbocycles. The SMILES string of the molecule is CCCN(Cc1c(C)nn(-c2ccccc2)c1Oc1ccc(F)cc1F)CC(O)COCC(C)C. The minimum atomic E-state index is -0.794. The van der Waals surface area contributed by atoms with Crippen LogP contribution in [0.25, 0.3) is 5.69 Å². The van der Waals surface area contributed by atoms with Crippen LogP contribution in [-0.2, 0) is 11.3 Å². The molecule has 1 N–H and O–H groups in total. The van der Waals surface area contributed by atoms with Crippen molar-refractivity contribution in [2.75, 3.05) is 26.3 Å². The minimum Gasteiger partial charge on any atom is -0.435 e. The maximum Gasteiger partial charge on any atom is 0.227 e. The van der Waals surface area contributed by atoms with Gasteiger partial charge in [0.25, 0.3) is 0 Å². The van der Waals surface area contributed by atoms with Gasteiger partial charge in [0, 0.05) is 25.8 Å². The van der Waals surface area contributed by atoms with Gasteiger partial charge in [-0.3, -0.25) is 4.90 Å². The maximum atomic E-state index is 14.5. The molecule has 0 bridgehead atoms. The van der Waals surface area contributed by atoms with Crippen molar-refractivity contribution in [2.45, 2.75) is 46.8 Å². The van der Waals surface area contributed by atoms with Gasteiger partial charge in [0.2, 0.25) is 5.88 Å². The average molecular weight is 488 g/mol. The lowest BCUT2D eigenvalue weighted by molar-refractivity contribution is 0.00681. The van der Waals surface area contributed by atoms with Crippen LogP contribution < -0.4 is 4.74 Å². The molecule has 0 amide bonds. The highest BCUT2D eigenvalue weighted by Gasteiger charge is 2.23. The summed E-state index contributed by atoms with van der Waals surface area (Å²) in [5.41, 5.74) is 2.24. The topological polar surface area (TPSA) is 59.8 Å². The number of aromatic nitrogens is 2. The number of aliphatic hydroxyl groups excluding tert-OH is 1. The number of para-hydroxylation sites is 1. The van der Waals surface area contributed by atoms with Gasteiger partial charge >= 0.3 is 0 Å². The first-order chi connectivity index (χ1) is 16.8. The molecule has 0 fully saturated rings. The second-order valence-corrected chi connectivity index (χ2v) is 9.11. The van der Waals surface area contributed by atoms with Gasteiger partial charge in [-0.15, -0.1) is 0 Å². The van der Waals surface area contributed by atoms with E-state index in [-0.39, 0.29) is 12.4 Å². The van der Waals surface area contributed by atoms with E-state index in [2.05, 4.69) is 30.8 Å². The van der Waals surface area contributed by atoms with Crippen LogP contribution in [0.4, 0.5) is 8.78 Å². The van der Waals surface area contributed by atoms with Crippen LogP contribution in [0.2, 0.25) is 0 Å². The Morgan fingerprint density at radius 3 is 2.49 bits per heavy atom. The molecule has 3 aromatic rings. The van der Waals surface area contributed by atoms with Crippen LogP contribution in [0.1, 0.15) is 38.4 Å². The number of hydrogen-bond donors (Lipinski definition) is 1. The molecule has 0 aliphatic heterocycles. The Labute approximate surface area is 206 Å². The number of aryl methyl sites for hydroxylation is 1. The van der Waals surface area contributed by atoms with E-state index in [0.29, 0.717) is 31.5 Å². The van der Waals surface area contributed by atoms with Gasteiger partial charge in [0.05, 0.1) is 29.7 Å². The number of benzene rings is 2. The van der Waals surface area contributed by atoms with Crippen molar-refractivity contribution in [1.82, 2.24) is 14.7 Å². The summed E-state index contributed by atoms with van der Waals surface area (Å²) in [6.07, 6.45) is 0.234. The van der Waals surface area contributed by atoms with Gasteiger partial charge < -0.3 is 14.6 Å². The third-order valence-electron chi connectivity index (χ3n) is 5.39. The number of hydrogen-bond acceptors (Lipinski definition) is 5. The van der Waals surface area contributed by atoms with Crippen LogP contribution in [0.5, 0.6) is 11.6 Å². The summed E-state index contributed by atoms with van der Waals surface area (Å²) < 4.78 is 41.2. The average Bonchev–Trinajstić information content (AvgIpc) is 3.11. The molecule has 2 aromatic carbocycles. The Balaban J connectivity index is 1.91. The Morgan fingerprint density at radius 1 is 1.09 bits per heavy atom. The predicted octanol–water partition coefficient (Wildman–Crippen LogP) is 5.50. The van der Waals surface area contributed by atoms with E-state index in [1.807, 2.05) is 37.3 Å².